The van der Waals surface area contributed by atoms with Crippen LogP contribution in [0.1, 0.15) is 81.2 Å². The molecule has 0 heterocycles. The molecule has 1 fully saturated rings. The van der Waals surface area contributed by atoms with Crippen LogP contribution in [-0.4, -0.2) is 7.11 Å². The Balaban J connectivity index is 1.75. The molecule has 1 aliphatic carbocycles. The van der Waals surface area contributed by atoms with E-state index in [0.717, 1.165) is 42.6 Å². The number of aryl methyl sites for hydroxylation is 1. The van der Waals surface area contributed by atoms with Crippen molar-refractivity contribution in [2.24, 2.45) is 11.8 Å². The number of hydrogen-bond donors (Lipinski definition) is 0. The van der Waals surface area contributed by atoms with Gasteiger partial charge in [-0.15, -0.1) is 0 Å². The molecule has 1 nitrogen and oxygen atoms in total. The summed E-state index contributed by atoms with van der Waals surface area (Å²) in [5.41, 5.74) is 4.04. The second-order valence-corrected chi connectivity index (χ2v) is 10.7. The van der Waals surface area contributed by atoms with Crippen LogP contribution in [0.2, 0.25) is 0 Å². The van der Waals surface area contributed by atoms with Crippen molar-refractivity contribution in [3.8, 4) is 5.75 Å². The maximum Gasteiger partial charge on any atom is 0.416 e. The van der Waals surface area contributed by atoms with Gasteiger partial charge in [0.25, 0.3) is 0 Å². The largest absolute Gasteiger partial charge is 0.496 e. The SMILES string of the molecule is COc1c(C)ccc(C(C)(C)C2CCC(C(C)(C)c3ccc(C(F)(F)F)cc3)CC2)c1C. The standard InChI is InChI=1S/C28H37F3O/c1-18-8-17-24(19(2)25(18)32-7)27(5,6)22-11-9-20(10-12-22)26(3,4)21-13-15-23(16-14-21)28(29,30)31/h8,13-17,20,22H,9-12H2,1-7H3. The van der Waals surface area contributed by atoms with Gasteiger partial charge in [0.1, 0.15) is 5.75 Å². The summed E-state index contributed by atoms with van der Waals surface area (Å²) in [7, 11) is 1.74. The first kappa shape index (κ1) is 24.7. The van der Waals surface area contributed by atoms with Crippen LogP contribution in [0.3, 0.4) is 0 Å². The molecular weight excluding hydrogens is 409 g/mol. The lowest BCUT2D eigenvalue weighted by molar-refractivity contribution is -0.137. The maximum absolute atomic E-state index is 13.0. The normalized spacial score (nSPS) is 20.3. The lowest BCUT2D eigenvalue weighted by Crippen LogP contribution is -2.37. The van der Waals surface area contributed by atoms with Crippen LogP contribution in [0.4, 0.5) is 13.2 Å². The summed E-state index contributed by atoms with van der Waals surface area (Å²) in [5, 5.41) is 0. The van der Waals surface area contributed by atoms with Gasteiger partial charge in [-0.05, 0) is 96.6 Å². The van der Waals surface area contributed by atoms with Gasteiger partial charge in [0.15, 0.2) is 0 Å². The van der Waals surface area contributed by atoms with Gasteiger partial charge < -0.3 is 4.74 Å². The third-order valence-corrected chi connectivity index (χ3v) is 8.23. The van der Waals surface area contributed by atoms with E-state index >= 15 is 0 Å². The van der Waals surface area contributed by atoms with Crippen LogP contribution in [0.15, 0.2) is 36.4 Å². The molecule has 3 rings (SSSR count). The van der Waals surface area contributed by atoms with Crippen molar-refractivity contribution >= 4 is 0 Å². The van der Waals surface area contributed by atoms with E-state index in [1.54, 1.807) is 19.2 Å². The van der Waals surface area contributed by atoms with Crippen molar-refractivity contribution < 1.29 is 17.9 Å². The minimum atomic E-state index is -4.29. The average molecular weight is 447 g/mol. The van der Waals surface area contributed by atoms with Crippen LogP contribution >= 0.6 is 0 Å². The number of hydrogen-bond acceptors (Lipinski definition) is 1. The molecule has 1 saturated carbocycles. The molecule has 0 spiro atoms. The van der Waals surface area contributed by atoms with Crippen LogP contribution in [-0.2, 0) is 17.0 Å². The van der Waals surface area contributed by atoms with Gasteiger partial charge in [0, 0.05) is 0 Å². The number of halogens is 3. The van der Waals surface area contributed by atoms with Crippen LogP contribution in [0.25, 0.3) is 0 Å². The summed E-state index contributed by atoms with van der Waals surface area (Å²) in [6.45, 7) is 13.3. The molecule has 2 aromatic carbocycles. The van der Waals surface area contributed by atoms with Gasteiger partial charge in [-0.3, -0.25) is 0 Å². The quantitative estimate of drug-likeness (QED) is 0.448. The number of ether oxygens (including phenoxy) is 1. The fourth-order valence-electron chi connectivity index (χ4n) is 5.92. The summed E-state index contributed by atoms with van der Waals surface area (Å²) in [4.78, 5) is 0. The Bertz CT molecular complexity index is 930. The molecule has 1 aliphatic rings. The van der Waals surface area contributed by atoms with Crippen molar-refractivity contribution in [1.29, 1.82) is 0 Å². The molecule has 176 valence electrons. The lowest BCUT2D eigenvalue weighted by Gasteiger charge is -2.45. The van der Waals surface area contributed by atoms with E-state index in [9.17, 15) is 13.2 Å². The zero-order valence-electron chi connectivity index (χ0n) is 20.5. The molecule has 2 aromatic rings. The molecule has 0 unspecified atom stereocenters. The highest BCUT2D eigenvalue weighted by molar-refractivity contribution is 5.48. The summed E-state index contributed by atoms with van der Waals surface area (Å²) < 4.78 is 44.5. The molecule has 0 bridgehead atoms. The third-order valence-electron chi connectivity index (χ3n) is 8.23. The van der Waals surface area contributed by atoms with Gasteiger partial charge in [0.05, 0.1) is 12.7 Å². The van der Waals surface area contributed by atoms with E-state index in [4.69, 9.17) is 4.74 Å². The van der Waals surface area contributed by atoms with Gasteiger partial charge in [-0.2, -0.15) is 13.2 Å². The summed E-state index contributed by atoms with van der Waals surface area (Å²) >= 11 is 0. The first-order valence-corrected chi connectivity index (χ1v) is 11.6. The Hall–Kier alpha value is -1.97. The second-order valence-electron chi connectivity index (χ2n) is 10.7. The topological polar surface area (TPSA) is 9.23 Å². The number of benzene rings is 2. The molecule has 0 amide bonds. The van der Waals surface area contributed by atoms with E-state index in [1.807, 2.05) is 0 Å². The van der Waals surface area contributed by atoms with E-state index in [1.165, 1.54) is 23.3 Å². The Morgan fingerprint density at radius 1 is 0.719 bits per heavy atom. The van der Waals surface area contributed by atoms with Crippen molar-refractivity contribution in [1.82, 2.24) is 0 Å². The molecule has 0 aromatic heterocycles. The van der Waals surface area contributed by atoms with E-state index < -0.39 is 11.7 Å². The molecule has 0 saturated heterocycles. The Morgan fingerprint density at radius 2 is 1.19 bits per heavy atom. The van der Waals surface area contributed by atoms with Crippen molar-refractivity contribution in [2.75, 3.05) is 7.11 Å². The highest BCUT2D eigenvalue weighted by Gasteiger charge is 2.40. The minimum Gasteiger partial charge on any atom is -0.496 e. The van der Waals surface area contributed by atoms with E-state index in [0.29, 0.717) is 11.8 Å². The van der Waals surface area contributed by atoms with E-state index in [-0.39, 0.29) is 10.8 Å². The zero-order chi connectivity index (χ0) is 23.9. The van der Waals surface area contributed by atoms with Gasteiger partial charge in [0.2, 0.25) is 0 Å². The lowest BCUT2D eigenvalue weighted by atomic mass is 9.60. The van der Waals surface area contributed by atoms with Crippen molar-refractivity contribution in [3.05, 3.63) is 64.2 Å². The highest BCUT2D eigenvalue weighted by Crippen LogP contribution is 2.49. The Labute approximate surface area is 191 Å². The van der Waals surface area contributed by atoms with Crippen LogP contribution in [0.5, 0.6) is 5.75 Å². The van der Waals surface area contributed by atoms with Gasteiger partial charge in [-0.25, -0.2) is 0 Å². The Kier molecular flexibility index (Phi) is 6.75. The van der Waals surface area contributed by atoms with Crippen molar-refractivity contribution in [2.45, 2.75) is 84.2 Å². The monoisotopic (exact) mass is 446 g/mol. The Morgan fingerprint density at radius 3 is 1.66 bits per heavy atom. The molecular formula is C28H37F3O. The number of methoxy groups -OCH3 is 1. The predicted octanol–water partition coefficient (Wildman–Crippen LogP) is 8.39. The summed E-state index contributed by atoms with van der Waals surface area (Å²) in [5.74, 6) is 2.00. The van der Waals surface area contributed by atoms with E-state index in [2.05, 4.69) is 53.7 Å². The fourth-order valence-corrected chi connectivity index (χ4v) is 5.92. The molecule has 4 heteroatoms. The first-order valence-electron chi connectivity index (χ1n) is 11.6. The molecule has 0 aliphatic heterocycles. The fraction of sp³-hybridized carbons (Fsp3) is 0.571. The van der Waals surface area contributed by atoms with Gasteiger partial charge >= 0.3 is 6.18 Å². The molecule has 0 N–H and O–H groups in total. The first-order chi connectivity index (χ1) is 14.8. The summed E-state index contributed by atoms with van der Waals surface area (Å²) in [6, 6.07) is 10.2. The smallest absolute Gasteiger partial charge is 0.416 e. The summed E-state index contributed by atoms with van der Waals surface area (Å²) in [6.07, 6.45) is 0.131. The second kappa shape index (κ2) is 8.76. The molecule has 32 heavy (non-hydrogen) atoms. The van der Waals surface area contributed by atoms with Crippen LogP contribution in [0, 0.1) is 25.7 Å². The highest BCUT2D eigenvalue weighted by atomic mass is 19.4. The van der Waals surface area contributed by atoms with Crippen molar-refractivity contribution in [3.63, 3.8) is 0 Å². The molecule has 0 atom stereocenters. The predicted molar refractivity (Wildman–Crippen MR) is 125 cm³/mol. The zero-order valence-corrected chi connectivity index (χ0v) is 20.5. The maximum atomic E-state index is 13.0. The number of rotatable bonds is 5. The molecule has 0 radical (unpaired) electrons. The average Bonchev–Trinajstić information content (AvgIpc) is 2.73. The minimum absolute atomic E-state index is 0.0362. The third kappa shape index (κ3) is 4.56. The van der Waals surface area contributed by atoms with Gasteiger partial charge in [-0.1, -0.05) is 52.0 Å². The number of alkyl halides is 3. The van der Waals surface area contributed by atoms with Crippen LogP contribution < -0.4 is 4.74 Å².